The maximum atomic E-state index is 9.51. The van der Waals surface area contributed by atoms with Gasteiger partial charge in [-0.05, 0) is 19.4 Å². The fourth-order valence-electron chi connectivity index (χ4n) is 2.61. The minimum absolute atomic E-state index is 0.0718. The van der Waals surface area contributed by atoms with Gasteiger partial charge in [0.05, 0.1) is 12.2 Å². The zero-order chi connectivity index (χ0) is 14.1. The number of piperidine rings is 1. The van der Waals surface area contributed by atoms with E-state index in [4.69, 9.17) is 4.98 Å². The molecule has 1 unspecified atom stereocenters. The molecule has 108 valence electrons. The third-order valence-corrected chi connectivity index (χ3v) is 4.75. The lowest BCUT2D eigenvalue weighted by atomic mass is 9.83. The molecule has 4 heteroatoms. The molecule has 1 aliphatic rings. The van der Waals surface area contributed by atoms with Gasteiger partial charge in [-0.1, -0.05) is 27.7 Å². The Balaban J connectivity index is 1.99. The first-order chi connectivity index (χ1) is 8.82. The summed E-state index contributed by atoms with van der Waals surface area (Å²) < 4.78 is 0. The lowest BCUT2D eigenvalue weighted by Crippen LogP contribution is -2.43. The molecule has 1 fully saturated rings. The molecular weight excluding hydrogens is 256 g/mol. The van der Waals surface area contributed by atoms with E-state index < -0.39 is 0 Å². The smallest absolute Gasteiger partial charge is 0.107 e. The van der Waals surface area contributed by atoms with Crippen LogP contribution in [0.1, 0.15) is 51.2 Å². The van der Waals surface area contributed by atoms with Crippen molar-refractivity contribution in [1.29, 1.82) is 0 Å². The molecule has 0 radical (unpaired) electrons. The van der Waals surface area contributed by atoms with Gasteiger partial charge in [-0.15, -0.1) is 11.3 Å². The normalized spacial score (nSPS) is 25.7. The first-order valence-electron chi connectivity index (χ1n) is 7.10. The standard InChI is InChI=1S/C15H26N2OS/c1-14(2,3)12-9-19-13(16-12)8-17-7-5-6-15(4,10-17)11-18/h9,18H,5-8,10-11H2,1-4H3. The Morgan fingerprint density at radius 2 is 2.21 bits per heavy atom. The molecule has 0 aliphatic carbocycles. The van der Waals surface area contributed by atoms with E-state index in [9.17, 15) is 5.11 Å². The van der Waals surface area contributed by atoms with Crippen LogP contribution in [0.2, 0.25) is 0 Å². The number of aromatic nitrogens is 1. The van der Waals surface area contributed by atoms with Crippen molar-refractivity contribution in [3.8, 4) is 0 Å². The van der Waals surface area contributed by atoms with Gasteiger partial charge in [-0.3, -0.25) is 4.90 Å². The number of hydrogen-bond acceptors (Lipinski definition) is 4. The van der Waals surface area contributed by atoms with Crippen LogP contribution in [-0.4, -0.2) is 34.7 Å². The predicted molar refractivity (Wildman–Crippen MR) is 80.5 cm³/mol. The highest BCUT2D eigenvalue weighted by atomic mass is 32.1. The van der Waals surface area contributed by atoms with Gasteiger partial charge in [0.1, 0.15) is 5.01 Å². The third-order valence-electron chi connectivity index (χ3n) is 3.92. The van der Waals surface area contributed by atoms with Gasteiger partial charge >= 0.3 is 0 Å². The fourth-order valence-corrected chi connectivity index (χ4v) is 3.67. The molecular formula is C15H26N2OS. The quantitative estimate of drug-likeness (QED) is 0.926. The van der Waals surface area contributed by atoms with E-state index in [-0.39, 0.29) is 17.4 Å². The van der Waals surface area contributed by atoms with E-state index in [0.29, 0.717) is 0 Å². The van der Waals surface area contributed by atoms with Crippen LogP contribution in [0, 0.1) is 5.41 Å². The monoisotopic (exact) mass is 282 g/mol. The van der Waals surface area contributed by atoms with Crippen LogP contribution in [0.25, 0.3) is 0 Å². The minimum Gasteiger partial charge on any atom is -0.396 e. The molecule has 2 rings (SSSR count). The second-order valence-electron chi connectivity index (χ2n) is 7.16. The van der Waals surface area contributed by atoms with Crippen molar-refractivity contribution in [2.75, 3.05) is 19.7 Å². The van der Waals surface area contributed by atoms with Crippen molar-refractivity contribution in [1.82, 2.24) is 9.88 Å². The summed E-state index contributed by atoms with van der Waals surface area (Å²) in [5.41, 5.74) is 1.40. The van der Waals surface area contributed by atoms with Crippen molar-refractivity contribution in [2.45, 2.75) is 52.5 Å². The Kier molecular flexibility index (Phi) is 4.33. The summed E-state index contributed by atoms with van der Waals surface area (Å²) in [7, 11) is 0. The largest absolute Gasteiger partial charge is 0.396 e. The van der Waals surface area contributed by atoms with Gasteiger partial charge in [0.15, 0.2) is 0 Å². The van der Waals surface area contributed by atoms with Crippen LogP contribution in [-0.2, 0) is 12.0 Å². The van der Waals surface area contributed by atoms with Gasteiger partial charge in [0, 0.05) is 29.4 Å². The third kappa shape index (κ3) is 3.77. The second-order valence-corrected chi connectivity index (χ2v) is 8.10. The summed E-state index contributed by atoms with van der Waals surface area (Å²) in [6.45, 7) is 12.1. The first-order valence-corrected chi connectivity index (χ1v) is 7.98. The topological polar surface area (TPSA) is 36.4 Å². The molecule has 3 nitrogen and oxygen atoms in total. The number of aliphatic hydroxyl groups excluding tert-OH is 1. The van der Waals surface area contributed by atoms with Gasteiger partial charge in [0.2, 0.25) is 0 Å². The Morgan fingerprint density at radius 1 is 1.47 bits per heavy atom. The van der Waals surface area contributed by atoms with Crippen LogP contribution >= 0.6 is 11.3 Å². The van der Waals surface area contributed by atoms with Crippen molar-refractivity contribution >= 4 is 11.3 Å². The summed E-state index contributed by atoms with van der Waals surface area (Å²) >= 11 is 1.76. The maximum absolute atomic E-state index is 9.51. The van der Waals surface area contributed by atoms with Crippen molar-refractivity contribution in [2.24, 2.45) is 5.41 Å². The van der Waals surface area contributed by atoms with Crippen molar-refractivity contribution < 1.29 is 5.11 Å². The molecule has 1 aromatic rings. The van der Waals surface area contributed by atoms with Crippen LogP contribution in [0.3, 0.4) is 0 Å². The number of hydrogen-bond donors (Lipinski definition) is 1. The number of aliphatic hydroxyl groups is 1. The molecule has 0 saturated carbocycles. The molecule has 1 aromatic heterocycles. The number of nitrogens with zero attached hydrogens (tertiary/aromatic N) is 2. The lowest BCUT2D eigenvalue weighted by molar-refractivity contribution is 0.0428. The second kappa shape index (κ2) is 5.51. The Hall–Kier alpha value is -0.450. The first kappa shape index (κ1) is 14.9. The summed E-state index contributed by atoms with van der Waals surface area (Å²) in [5.74, 6) is 0. The van der Waals surface area contributed by atoms with E-state index in [1.165, 1.54) is 17.1 Å². The Labute approximate surface area is 120 Å². The van der Waals surface area contributed by atoms with Crippen LogP contribution in [0.15, 0.2) is 5.38 Å². The molecule has 19 heavy (non-hydrogen) atoms. The lowest BCUT2D eigenvalue weighted by Gasteiger charge is -2.38. The molecule has 0 spiro atoms. The van der Waals surface area contributed by atoms with Crippen molar-refractivity contribution in [3.63, 3.8) is 0 Å². The average molecular weight is 282 g/mol. The van der Waals surface area contributed by atoms with Gasteiger partial charge in [0.25, 0.3) is 0 Å². The maximum Gasteiger partial charge on any atom is 0.107 e. The predicted octanol–water partition coefficient (Wildman–Crippen LogP) is 3.04. The molecule has 0 amide bonds. The van der Waals surface area contributed by atoms with E-state index in [1.807, 2.05) is 0 Å². The van der Waals surface area contributed by atoms with Crippen molar-refractivity contribution in [3.05, 3.63) is 16.1 Å². The zero-order valence-electron chi connectivity index (χ0n) is 12.6. The van der Waals surface area contributed by atoms with E-state index in [1.54, 1.807) is 11.3 Å². The van der Waals surface area contributed by atoms with Gasteiger partial charge < -0.3 is 5.11 Å². The molecule has 0 aromatic carbocycles. The fraction of sp³-hybridized carbons (Fsp3) is 0.800. The average Bonchev–Trinajstić information content (AvgIpc) is 2.77. The Morgan fingerprint density at radius 3 is 2.79 bits per heavy atom. The highest BCUT2D eigenvalue weighted by Crippen LogP contribution is 2.30. The highest BCUT2D eigenvalue weighted by Gasteiger charge is 2.30. The Bertz CT molecular complexity index is 424. The molecule has 1 N–H and O–H groups in total. The SMILES string of the molecule is CC1(CO)CCCN(Cc2nc(C(C)(C)C)cs2)C1. The molecule has 2 heterocycles. The highest BCUT2D eigenvalue weighted by molar-refractivity contribution is 7.09. The summed E-state index contributed by atoms with van der Waals surface area (Å²) in [6.07, 6.45) is 2.31. The van der Waals surface area contributed by atoms with E-state index in [0.717, 1.165) is 26.1 Å². The van der Waals surface area contributed by atoms with Gasteiger partial charge in [-0.2, -0.15) is 0 Å². The molecule has 1 aliphatic heterocycles. The molecule has 0 bridgehead atoms. The van der Waals surface area contributed by atoms with Crippen LogP contribution in [0.4, 0.5) is 0 Å². The minimum atomic E-state index is 0.0718. The summed E-state index contributed by atoms with van der Waals surface area (Å²) in [6, 6.07) is 0. The zero-order valence-corrected chi connectivity index (χ0v) is 13.4. The van der Waals surface area contributed by atoms with Crippen LogP contribution in [0.5, 0.6) is 0 Å². The van der Waals surface area contributed by atoms with Gasteiger partial charge in [-0.25, -0.2) is 4.98 Å². The van der Waals surface area contributed by atoms with E-state index >= 15 is 0 Å². The summed E-state index contributed by atoms with van der Waals surface area (Å²) in [4.78, 5) is 7.20. The summed E-state index contributed by atoms with van der Waals surface area (Å²) in [5, 5.41) is 12.9. The van der Waals surface area contributed by atoms with E-state index in [2.05, 4.69) is 38.0 Å². The number of thiazole rings is 1. The molecule has 1 atom stereocenters. The van der Waals surface area contributed by atoms with Crippen LogP contribution < -0.4 is 0 Å². The number of rotatable bonds is 3. The molecule has 1 saturated heterocycles. The number of likely N-dealkylation sites (tertiary alicyclic amines) is 1.